The van der Waals surface area contributed by atoms with Crippen LogP contribution in [0.4, 0.5) is 5.82 Å². The van der Waals surface area contributed by atoms with E-state index >= 15 is 0 Å². The van der Waals surface area contributed by atoms with Gasteiger partial charge in [-0.15, -0.1) is 0 Å². The van der Waals surface area contributed by atoms with E-state index in [1.165, 1.54) is 16.0 Å². The standard InChI is InChI=1S/C17H23N3S/c1-5-9-18-16-11-17(20-15(6-2)19-16)21-14-8-7-12(3)13(4)10-14/h7-8,10-11H,5-6,9H2,1-4H3,(H,18,19,20). The van der Waals surface area contributed by atoms with Crippen molar-refractivity contribution in [2.75, 3.05) is 11.9 Å². The Bertz CT molecular complexity index is 611. The molecule has 0 bridgehead atoms. The van der Waals surface area contributed by atoms with Crippen LogP contribution >= 0.6 is 11.8 Å². The molecule has 1 heterocycles. The van der Waals surface area contributed by atoms with Gasteiger partial charge in [-0.3, -0.25) is 0 Å². The highest BCUT2D eigenvalue weighted by atomic mass is 32.2. The van der Waals surface area contributed by atoms with Crippen LogP contribution in [0.1, 0.15) is 37.2 Å². The summed E-state index contributed by atoms with van der Waals surface area (Å²) in [7, 11) is 0. The predicted molar refractivity (Wildman–Crippen MR) is 90.2 cm³/mol. The van der Waals surface area contributed by atoms with Crippen molar-refractivity contribution in [1.29, 1.82) is 0 Å². The van der Waals surface area contributed by atoms with Gasteiger partial charge in [-0.25, -0.2) is 9.97 Å². The summed E-state index contributed by atoms with van der Waals surface area (Å²) < 4.78 is 0. The summed E-state index contributed by atoms with van der Waals surface area (Å²) in [6.45, 7) is 9.46. The third-order valence-corrected chi connectivity index (χ3v) is 4.23. The van der Waals surface area contributed by atoms with Crippen LogP contribution < -0.4 is 5.32 Å². The van der Waals surface area contributed by atoms with Crippen molar-refractivity contribution in [3.8, 4) is 0 Å². The monoisotopic (exact) mass is 301 g/mol. The minimum atomic E-state index is 0.849. The molecule has 1 aromatic heterocycles. The fourth-order valence-electron chi connectivity index (χ4n) is 1.92. The largest absolute Gasteiger partial charge is 0.370 e. The normalized spacial score (nSPS) is 10.7. The molecular weight excluding hydrogens is 278 g/mol. The van der Waals surface area contributed by atoms with E-state index in [2.05, 4.69) is 61.2 Å². The van der Waals surface area contributed by atoms with Crippen molar-refractivity contribution in [2.45, 2.75) is 50.5 Å². The zero-order valence-corrected chi connectivity index (χ0v) is 14.0. The Labute approximate surface area is 131 Å². The Morgan fingerprint density at radius 1 is 1.05 bits per heavy atom. The van der Waals surface area contributed by atoms with Crippen LogP contribution in [0, 0.1) is 13.8 Å². The predicted octanol–water partition coefficient (Wildman–Crippen LogP) is 4.63. The molecule has 112 valence electrons. The van der Waals surface area contributed by atoms with Crippen LogP contribution in [-0.2, 0) is 6.42 Å². The van der Waals surface area contributed by atoms with E-state index < -0.39 is 0 Å². The molecule has 1 N–H and O–H groups in total. The molecule has 4 heteroatoms. The van der Waals surface area contributed by atoms with Gasteiger partial charge in [0.05, 0.1) is 0 Å². The summed E-state index contributed by atoms with van der Waals surface area (Å²) in [5.41, 5.74) is 2.63. The second-order valence-corrected chi connectivity index (χ2v) is 6.23. The van der Waals surface area contributed by atoms with Gasteiger partial charge in [0.15, 0.2) is 0 Å². The maximum Gasteiger partial charge on any atom is 0.131 e. The summed E-state index contributed by atoms with van der Waals surface area (Å²) in [6, 6.07) is 8.57. The minimum Gasteiger partial charge on any atom is -0.370 e. The van der Waals surface area contributed by atoms with E-state index in [4.69, 9.17) is 0 Å². The molecule has 2 rings (SSSR count). The van der Waals surface area contributed by atoms with Crippen molar-refractivity contribution in [2.24, 2.45) is 0 Å². The maximum atomic E-state index is 4.62. The summed E-state index contributed by atoms with van der Waals surface area (Å²) in [5.74, 6) is 1.82. The number of nitrogens with one attached hydrogen (secondary N) is 1. The topological polar surface area (TPSA) is 37.8 Å². The molecule has 0 saturated heterocycles. The van der Waals surface area contributed by atoms with Crippen LogP contribution in [0.3, 0.4) is 0 Å². The number of aryl methyl sites for hydroxylation is 3. The van der Waals surface area contributed by atoms with E-state index in [1.807, 2.05) is 6.07 Å². The van der Waals surface area contributed by atoms with Crippen LogP contribution in [0.5, 0.6) is 0 Å². The van der Waals surface area contributed by atoms with Crippen molar-refractivity contribution >= 4 is 17.6 Å². The van der Waals surface area contributed by atoms with E-state index in [0.29, 0.717) is 0 Å². The zero-order chi connectivity index (χ0) is 15.2. The number of rotatable bonds is 6. The molecule has 0 aliphatic heterocycles. The molecule has 0 saturated carbocycles. The van der Waals surface area contributed by atoms with Crippen LogP contribution in [0.25, 0.3) is 0 Å². The van der Waals surface area contributed by atoms with Crippen LogP contribution in [0.15, 0.2) is 34.2 Å². The Kier molecular flexibility index (Phi) is 5.62. The van der Waals surface area contributed by atoms with Gasteiger partial charge in [0.25, 0.3) is 0 Å². The summed E-state index contributed by atoms with van der Waals surface area (Å²) in [6.07, 6.45) is 1.94. The highest BCUT2D eigenvalue weighted by Crippen LogP contribution is 2.29. The third-order valence-electron chi connectivity index (χ3n) is 3.32. The average molecular weight is 301 g/mol. The number of hydrogen-bond donors (Lipinski definition) is 1. The lowest BCUT2D eigenvalue weighted by atomic mass is 10.1. The van der Waals surface area contributed by atoms with Crippen molar-refractivity contribution in [3.05, 3.63) is 41.2 Å². The van der Waals surface area contributed by atoms with Crippen molar-refractivity contribution in [1.82, 2.24) is 9.97 Å². The van der Waals surface area contributed by atoms with E-state index in [9.17, 15) is 0 Å². The van der Waals surface area contributed by atoms with Gasteiger partial charge >= 0.3 is 0 Å². The molecule has 0 fully saturated rings. The van der Waals surface area contributed by atoms with Gasteiger partial charge in [0.2, 0.25) is 0 Å². The molecule has 2 aromatic rings. The lowest BCUT2D eigenvalue weighted by Gasteiger charge is -2.09. The number of anilines is 1. The fraction of sp³-hybridized carbons (Fsp3) is 0.412. The van der Waals surface area contributed by atoms with Crippen molar-refractivity contribution in [3.63, 3.8) is 0 Å². The van der Waals surface area contributed by atoms with Gasteiger partial charge < -0.3 is 5.32 Å². The van der Waals surface area contributed by atoms with Crippen LogP contribution in [-0.4, -0.2) is 16.5 Å². The molecule has 0 aliphatic carbocycles. The third kappa shape index (κ3) is 4.46. The van der Waals surface area contributed by atoms with Gasteiger partial charge in [-0.2, -0.15) is 0 Å². The van der Waals surface area contributed by atoms with E-state index in [-0.39, 0.29) is 0 Å². The molecule has 3 nitrogen and oxygen atoms in total. The SMILES string of the molecule is CCCNc1cc(Sc2ccc(C)c(C)c2)nc(CC)n1. The first-order chi connectivity index (χ1) is 10.1. The first kappa shape index (κ1) is 15.8. The molecule has 21 heavy (non-hydrogen) atoms. The first-order valence-electron chi connectivity index (χ1n) is 7.49. The smallest absolute Gasteiger partial charge is 0.131 e. The lowest BCUT2D eigenvalue weighted by molar-refractivity contribution is 0.877. The van der Waals surface area contributed by atoms with Crippen molar-refractivity contribution < 1.29 is 0 Å². The zero-order valence-electron chi connectivity index (χ0n) is 13.2. The lowest BCUT2D eigenvalue weighted by Crippen LogP contribution is -2.05. The molecule has 0 atom stereocenters. The van der Waals surface area contributed by atoms with E-state index in [1.54, 1.807) is 11.8 Å². The molecule has 0 aliphatic rings. The highest BCUT2D eigenvalue weighted by molar-refractivity contribution is 7.99. The van der Waals surface area contributed by atoms with Gasteiger partial charge in [0, 0.05) is 23.9 Å². The minimum absolute atomic E-state index is 0.849. The van der Waals surface area contributed by atoms with Gasteiger partial charge in [-0.05, 0) is 43.5 Å². The molecule has 0 unspecified atom stereocenters. The molecule has 0 radical (unpaired) electrons. The second-order valence-electron chi connectivity index (χ2n) is 5.14. The fourth-order valence-corrected chi connectivity index (χ4v) is 2.86. The second kappa shape index (κ2) is 7.46. The Balaban J connectivity index is 2.23. The number of hydrogen-bond acceptors (Lipinski definition) is 4. The van der Waals surface area contributed by atoms with Gasteiger partial charge in [-0.1, -0.05) is 31.7 Å². The maximum absolute atomic E-state index is 4.62. The molecule has 1 aromatic carbocycles. The number of aromatic nitrogens is 2. The van der Waals surface area contributed by atoms with Crippen LogP contribution in [0.2, 0.25) is 0 Å². The Morgan fingerprint density at radius 3 is 2.52 bits per heavy atom. The van der Waals surface area contributed by atoms with E-state index in [0.717, 1.165) is 36.1 Å². The number of benzene rings is 1. The molecule has 0 amide bonds. The highest BCUT2D eigenvalue weighted by Gasteiger charge is 2.06. The quantitative estimate of drug-likeness (QED) is 0.789. The summed E-state index contributed by atoms with van der Waals surface area (Å²) >= 11 is 1.70. The Morgan fingerprint density at radius 2 is 1.86 bits per heavy atom. The summed E-state index contributed by atoms with van der Waals surface area (Å²) in [4.78, 5) is 10.4. The summed E-state index contributed by atoms with van der Waals surface area (Å²) in [5, 5.41) is 4.35. The molecule has 0 spiro atoms. The van der Waals surface area contributed by atoms with Gasteiger partial charge in [0.1, 0.15) is 16.7 Å². The molecular formula is C17H23N3S. The first-order valence-corrected chi connectivity index (χ1v) is 8.31. The Hall–Kier alpha value is -1.55. The number of nitrogens with zero attached hydrogens (tertiary/aromatic N) is 2. The average Bonchev–Trinajstić information content (AvgIpc) is 2.48.